The summed E-state index contributed by atoms with van der Waals surface area (Å²) < 4.78 is -1.62. The minimum absolute atomic E-state index is 0.337. The number of hydrogen-bond donors (Lipinski definition) is 1. The van der Waals surface area contributed by atoms with Crippen LogP contribution in [0.4, 0.5) is 0 Å². The molecule has 0 spiro atoms. The van der Waals surface area contributed by atoms with Crippen LogP contribution in [0.25, 0.3) is 0 Å². The quantitative estimate of drug-likeness (QED) is 0.635. The van der Waals surface area contributed by atoms with Gasteiger partial charge in [-0.05, 0) is 31.3 Å². The average Bonchev–Trinajstić information content (AvgIpc) is 2.37. The number of nitrogens with one attached hydrogen (secondary N) is 1. The Morgan fingerprint density at radius 2 is 1.90 bits per heavy atom. The van der Waals surface area contributed by atoms with Crippen LogP contribution in [-0.4, -0.2) is 33.9 Å². The molecule has 1 amide bonds. The van der Waals surface area contributed by atoms with E-state index in [0.717, 1.165) is 0 Å². The molecule has 112 valence electrons. The van der Waals surface area contributed by atoms with Crippen LogP contribution in [0.5, 0.6) is 0 Å². The molecule has 7 heteroatoms. The SMILES string of the molecule is CCN(CC)[C@H](NC(=O)c1cccc(Cl)c1)C(Cl)(Cl)Cl. The first-order valence-corrected chi connectivity index (χ1v) is 7.68. The third-order valence-electron chi connectivity index (χ3n) is 2.84. The molecule has 1 aromatic carbocycles. The van der Waals surface area contributed by atoms with Gasteiger partial charge in [0.05, 0.1) is 0 Å². The fraction of sp³-hybridized carbons (Fsp3) is 0.462. The second-order valence-corrected chi connectivity index (χ2v) is 6.95. The van der Waals surface area contributed by atoms with Crippen LogP contribution in [0, 0.1) is 0 Å². The maximum atomic E-state index is 12.2. The average molecular weight is 358 g/mol. The van der Waals surface area contributed by atoms with E-state index in [9.17, 15) is 4.79 Å². The highest BCUT2D eigenvalue weighted by atomic mass is 35.6. The molecular formula is C13H16Cl4N2O. The summed E-state index contributed by atoms with van der Waals surface area (Å²) in [5, 5.41) is 3.21. The van der Waals surface area contributed by atoms with Gasteiger partial charge in [0, 0.05) is 10.6 Å². The first kappa shape index (κ1) is 17.9. The first-order valence-electron chi connectivity index (χ1n) is 6.16. The van der Waals surface area contributed by atoms with Gasteiger partial charge < -0.3 is 5.32 Å². The van der Waals surface area contributed by atoms with E-state index in [4.69, 9.17) is 46.4 Å². The van der Waals surface area contributed by atoms with Crippen molar-refractivity contribution in [1.29, 1.82) is 0 Å². The Morgan fingerprint density at radius 3 is 2.35 bits per heavy atom. The predicted molar refractivity (Wildman–Crippen MR) is 85.9 cm³/mol. The summed E-state index contributed by atoms with van der Waals surface area (Å²) in [5.41, 5.74) is 0.420. The number of rotatable bonds is 5. The molecule has 1 N–H and O–H groups in total. The minimum atomic E-state index is -1.62. The summed E-state index contributed by atoms with van der Waals surface area (Å²) >= 11 is 23.8. The van der Waals surface area contributed by atoms with Crippen molar-refractivity contribution in [2.75, 3.05) is 13.1 Å². The van der Waals surface area contributed by atoms with Crippen LogP contribution in [0.1, 0.15) is 24.2 Å². The minimum Gasteiger partial charge on any atom is -0.332 e. The maximum absolute atomic E-state index is 12.2. The Hall–Kier alpha value is -0.190. The molecule has 0 saturated carbocycles. The highest BCUT2D eigenvalue weighted by molar-refractivity contribution is 6.68. The van der Waals surface area contributed by atoms with Crippen molar-refractivity contribution in [2.45, 2.75) is 23.8 Å². The van der Waals surface area contributed by atoms with E-state index in [1.54, 1.807) is 24.3 Å². The maximum Gasteiger partial charge on any atom is 0.252 e. The lowest BCUT2D eigenvalue weighted by Gasteiger charge is -2.35. The lowest BCUT2D eigenvalue weighted by atomic mass is 10.2. The largest absolute Gasteiger partial charge is 0.332 e. The fourth-order valence-corrected chi connectivity index (χ4v) is 2.57. The number of benzene rings is 1. The molecule has 0 heterocycles. The number of amides is 1. The Bertz CT molecular complexity index is 458. The molecule has 0 bridgehead atoms. The highest BCUT2D eigenvalue weighted by Crippen LogP contribution is 2.32. The number of carbonyl (C=O) groups is 1. The van der Waals surface area contributed by atoms with Crippen molar-refractivity contribution < 1.29 is 4.79 Å². The zero-order valence-corrected chi connectivity index (χ0v) is 14.2. The highest BCUT2D eigenvalue weighted by Gasteiger charge is 2.37. The third-order valence-corrected chi connectivity index (χ3v) is 3.70. The summed E-state index contributed by atoms with van der Waals surface area (Å²) in [6, 6.07) is 6.60. The summed E-state index contributed by atoms with van der Waals surface area (Å²) in [6.45, 7) is 5.15. The van der Waals surface area contributed by atoms with Crippen molar-refractivity contribution in [1.82, 2.24) is 10.2 Å². The Morgan fingerprint density at radius 1 is 1.30 bits per heavy atom. The Labute approximate surface area is 139 Å². The summed E-state index contributed by atoms with van der Waals surface area (Å²) in [6.07, 6.45) is -0.714. The molecular weight excluding hydrogens is 342 g/mol. The molecule has 0 aliphatic carbocycles. The van der Waals surface area contributed by atoms with E-state index < -0.39 is 9.96 Å². The van der Waals surface area contributed by atoms with Gasteiger partial charge in [-0.15, -0.1) is 0 Å². The fourth-order valence-electron chi connectivity index (χ4n) is 1.81. The van der Waals surface area contributed by atoms with Crippen molar-refractivity contribution in [3.8, 4) is 0 Å². The summed E-state index contributed by atoms with van der Waals surface area (Å²) in [5.74, 6) is -0.337. The van der Waals surface area contributed by atoms with Gasteiger partial charge in [-0.1, -0.05) is 66.3 Å². The lowest BCUT2D eigenvalue weighted by Crippen LogP contribution is -2.55. The van der Waals surface area contributed by atoms with Crippen LogP contribution in [-0.2, 0) is 0 Å². The lowest BCUT2D eigenvalue weighted by molar-refractivity contribution is 0.0862. The van der Waals surface area contributed by atoms with E-state index in [1.807, 2.05) is 18.7 Å². The summed E-state index contributed by atoms with van der Waals surface area (Å²) in [4.78, 5) is 14.1. The van der Waals surface area contributed by atoms with Gasteiger partial charge in [0.1, 0.15) is 6.17 Å². The third kappa shape index (κ3) is 4.97. The summed E-state index contributed by atoms with van der Waals surface area (Å²) in [7, 11) is 0. The molecule has 1 atom stereocenters. The van der Waals surface area contributed by atoms with Crippen molar-refractivity contribution in [3.63, 3.8) is 0 Å². The topological polar surface area (TPSA) is 32.3 Å². The molecule has 0 fully saturated rings. The zero-order chi connectivity index (χ0) is 15.3. The molecule has 0 aliphatic rings. The van der Waals surface area contributed by atoms with E-state index in [-0.39, 0.29) is 5.91 Å². The number of carbonyl (C=O) groups excluding carboxylic acids is 1. The number of nitrogens with zero attached hydrogens (tertiary/aromatic N) is 1. The van der Waals surface area contributed by atoms with Gasteiger partial charge in [0.2, 0.25) is 3.79 Å². The monoisotopic (exact) mass is 356 g/mol. The van der Waals surface area contributed by atoms with Crippen LogP contribution >= 0.6 is 46.4 Å². The number of hydrogen-bond acceptors (Lipinski definition) is 2. The van der Waals surface area contributed by atoms with Gasteiger partial charge in [-0.2, -0.15) is 0 Å². The van der Waals surface area contributed by atoms with Crippen molar-refractivity contribution >= 4 is 52.3 Å². The molecule has 3 nitrogen and oxygen atoms in total. The Balaban J connectivity index is 2.93. The van der Waals surface area contributed by atoms with Crippen molar-refractivity contribution in [3.05, 3.63) is 34.9 Å². The van der Waals surface area contributed by atoms with E-state index in [0.29, 0.717) is 23.7 Å². The molecule has 0 aromatic heterocycles. The number of halogens is 4. The standard InChI is InChI=1S/C13H16Cl4N2O/c1-3-19(4-2)12(13(15,16)17)18-11(20)9-6-5-7-10(14)8-9/h5-8,12H,3-4H2,1-2H3,(H,18,20)/t12-/m0/s1. The molecule has 0 aliphatic heterocycles. The zero-order valence-electron chi connectivity index (χ0n) is 11.2. The molecule has 0 saturated heterocycles. The second-order valence-electron chi connectivity index (χ2n) is 4.15. The van der Waals surface area contributed by atoms with E-state index >= 15 is 0 Å². The van der Waals surface area contributed by atoms with Gasteiger partial charge in [-0.25, -0.2) is 0 Å². The molecule has 0 radical (unpaired) electrons. The molecule has 0 unspecified atom stereocenters. The van der Waals surface area contributed by atoms with Crippen molar-refractivity contribution in [2.24, 2.45) is 0 Å². The van der Waals surface area contributed by atoms with Crippen LogP contribution < -0.4 is 5.32 Å². The molecule has 1 aromatic rings. The molecule has 1 rings (SSSR count). The second kappa shape index (κ2) is 7.71. The van der Waals surface area contributed by atoms with Gasteiger partial charge in [0.15, 0.2) is 0 Å². The van der Waals surface area contributed by atoms with Crippen LogP contribution in [0.2, 0.25) is 5.02 Å². The van der Waals surface area contributed by atoms with Crippen LogP contribution in [0.15, 0.2) is 24.3 Å². The van der Waals surface area contributed by atoms with Gasteiger partial charge in [-0.3, -0.25) is 9.69 Å². The predicted octanol–water partition coefficient (Wildman–Crippen LogP) is 4.11. The van der Waals surface area contributed by atoms with Gasteiger partial charge in [0.25, 0.3) is 5.91 Å². The first-order chi connectivity index (χ1) is 9.29. The molecule has 20 heavy (non-hydrogen) atoms. The number of alkyl halides is 3. The van der Waals surface area contributed by atoms with E-state index in [2.05, 4.69) is 5.32 Å². The normalized spacial score (nSPS) is 13.3. The van der Waals surface area contributed by atoms with E-state index in [1.165, 1.54) is 0 Å². The Kier molecular flexibility index (Phi) is 6.89. The van der Waals surface area contributed by atoms with Crippen LogP contribution in [0.3, 0.4) is 0 Å². The smallest absolute Gasteiger partial charge is 0.252 e. The van der Waals surface area contributed by atoms with Gasteiger partial charge >= 0.3 is 0 Å².